The highest BCUT2D eigenvalue weighted by Crippen LogP contribution is 2.22. The van der Waals surface area contributed by atoms with Gasteiger partial charge in [0.1, 0.15) is 0 Å². The number of carbonyl (C=O) groups is 1. The van der Waals surface area contributed by atoms with Crippen LogP contribution in [0.2, 0.25) is 5.02 Å². The van der Waals surface area contributed by atoms with Crippen LogP contribution >= 0.6 is 11.6 Å². The zero-order valence-electron chi connectivity index (χ0n) is 18.7. The molecular formula is C24H29ClN6O. The van der Waals surface area contributed by atoms with Crippen LogP contribution < -0.4 is 10.6 Å². The maximum absolute atomic E-state index is 13.0. The minimum absolute atomic E-state index is 0.0152. The third-order valence-corrected chi connectivity index (χ3v) is 5.64. The summed E-state index contributed by atoms with van der Waals surface area (Å²) in [6.45, 7) is 7.96. The van der Waals surface area contributed by atoms with Gasteiger partial charge in [0.05, 0.1) is 11.7 Å². The van der Waals surface area contributed by atoms with Gasteiger partial charge < -0.3 is 15.1 Å². The number of benzene rings is 2. The van der Waals surface area contributed by atoms with Gasteiger partial charge in [-0.15, -0.1) is 0 Å². The average Bonchev–Trinajstić information content (AvgIpc) is 2.76. The quantitative estimate of drug-likeness (QED) is 0.297. The first-order valence-corrected chi connectivity index (χ1v) is 11.1. The van der Waals surface area contributed by atoms with E-state index in [0.717, 1.165) is 17.7 Å². The molecule has 8 heteroatoms. The number of para-hydroxylation sites is 1. The first-order chi connectivity index (χ1) is 15.4. The number of aryl methyl sites for hydroxylation is 1. The maximum Gasteiger partial charge on any atom is 0.322 e. The van der Waals surface area contributed by atoms with Gasteiger partial charge in [0, 0.05) is 30.3 Å². The van der Waals surface area contributed by atoms with E-state index in [1.807, 2.05) is 42.3 Å². The summed E-state index contributed by atoms with van der Waals surface area (Å²) >= 11 is 5.95. The SMILES string of the molecule is Cc1ccccc1N=C(NC#N)N1CCN(C(=O)Nc2ccc(Cl)cc2)C(CC(C)C)C1. The monoisotopic (exact) mass is 452 g/mol. The van der Waals surface area contributed by atoms with Gasteiger partial charge in [0.15, 0.2) is 6.19 Å². The van der Waals surface area contributed by atoms with Crippen molar-refractivity contribution >= 4 is 35.0 Å². The summed E-state index contributed by atoms with van der Waals surface area (Å²) in [6, 6.07) is 14.7. The zero-order chi connectivity index (χ0) is 23.1. The summed E-state index contributed by atoms with van der Waals surface area (Å²) in [5.41, 5.74) is 2.55. The Kier molecular flexibility index (Phi) is 7.96. The summed E-state index contributed by atoms with van der Waals surface area (Å²) in [5.74, 6) is 0.916. The Labute approximate surface area is 194 Å². The Morgan fingerprint density at radius 2 is 1.94 bits per heavy atom. The minimum Gasteiger partial charge on any atom is -0.338 e. The number of nitrogens with one attached hydrogen (secondary N) is 2. The molecular weight excluding hydrogens is 424 g/mol. The molecule has 1 aliphatic heterocycles. The number of guanidine groups is 1. The van der Waals surface area contributed by atoms with Crippen LogP contribution in [0.15, 0.2) is 53.5 Å². The number of urea groups is 1. The number of aliphatic imine (C=N–C) groups is 1. The highest BCUT2D eigenvalue weighted by Gasteiger charge is 2.32. The van der Waals surface area contributed by atoms with Crippen molar-refractivity contribution in [2.45, 2.75) is 33.2 Å². The molecule has 2 N–H and O–H groups in total. The highest BCUT2D eigenvalue weighted by molar-refractivity contribution is 6.30. The van der Waals surface area contributed by atoms with Crippen LogP contribution in [-0.2, 0) is 0 Å². The molecule has 32 heavy (non-hydrogen) atoms. The third-order valence-electron chi connectivity index (χ3n) is 5.39. The molecule has 1 fully saturated rings. The predicted molar refractivity (Wildman–Crippen MR) is 129 cm³/mol. The molecule has 0 bridgehead atoms. The standard InChI is InChI=1S/C24H29ClN6O/c1-17(2)14-21-15-30(23(27-16-26)29-22-7-5-4-6-18(22)3)12-13-31(21)24(32)28-20-10-8-19(25)9-11-20/h4-11,17,21H,12-15H2,1-3H3,(H,27,29)(H,28,32). The second kappa shape index (κ2) is 10.9. The van der Waals surface area contributed by atoms with E-state index in [0.29, 0.717) is 42.2 Å². The van der Waals surface area contributed by atoms with E-state index in [4.69, 9.17) is 16.6 Å². The number of rotatable bonds is 4. The van der Waals surface area contributed by atoms with Crippen LogP contribution in [0.5, 0.6) is 0 Å². The number of piperazine rings is 1. The highest BCUT2D eigenvalue weighted by atomic mass is 35.5. The van der Waals surface area contributed by atoms with Gasteiger partial charge in [0.25, 0.3) is 0 Å². The first kappa shape index (κ1) is 23.4. The van der Waals surface area contributed by atoms with Crippen LogP contribution in [-0.4, -0.2) is 47.5 Å². The second-order valence-corrected chi connectivity index (χ2v) is 8.75. The molecule has 2 amide bonds. The molecule has 7 nitrogen and oxygen atoms in total. The van der Waals surface area contributed by atoms with Crippen molar-refractivity contribution in [3.63, 3.8) is 0 Å². The van der Waals surface area contributed by atoms with Gasteiger partial charge in [-0.1, -0.05) is 43.6 Å². The molecule has 1 heterocycles. The van der Waals surface area contributed by atoms with Crippen molar-refractivity contribution < 1.29 is 4.79 Å². The first-order valence-electron chi connectivity index (χ1n) is 10.7. The largest absolute Gasteiger partial charge is 0.338 e. The molecule has 3 rings (SSSR count). The Morgan fingerprint density at radius 1 is 1.22 bits per heavy atom. The van der Waals surface area contributed by atoms with Crippen molar-refractivity contribution in [1.82, 2.24) is 15.1 Å². The number of amides is 2. The fourth-order valence-electron chi connectivity index (χ4n) is 3.82. The fraction of sp³-hybridized carbons (Fsp3) is 0.375. The molecule has 1 atom stereocenters. The van der Waals surface area contributed by atoms with Crippen molar-refractivity contribution in [2.24, 2.45) is 10.9 Å². The number of anilines is 1. The Balaban J connectivity index is 1.79. The number of halogens is 1. The van der Waals surface area contributed by atoms with E-state index in [1.54, 1.807) is 24.3 Å². The number of hydrogen-bond donors (Lipinski definition) is 2. The topological polar surface area (TPSA) is 83.8 Å². The summed E-state index contributed by atoms with van der Waals surface area (Å²) < 4.78 is 0. The molecule has 1 aliphatic rings. The van der Waals surface area contributed by atoms with Crippen molar-refractivity contribution in [2.75, 3.05) is 25.0 Å². The van der Waals surface area contributed by atoms with Crippen LogP contribution in [0, 0.1) is 24.3 Å². The van der Waals surface area contributed by atoms with Gasteiger partial charge in [0.2, 0.25) is 5.96 Å². The Bertz CT molecular complexity index is 998. The number of hydrogen-bond acceptors (Lipinski definition) is 3. The van der Waals surface area contributed by atoms with E-state index in [2.05, 4.69) is 29.4 Å². The summed E-state index contributed by atoms with van der Waals surface area (Å²) in [4.78, 5) is 21.7. The lowest BCUT2D eigenvalue weighted by atomic mass is 10.0. The summed E-state index contributed by atoms with van der Waals surface area (Å²) in [7, 11) is 0. The lowest BCUT2D eigenvalue weighted by Crippen LogP contribution is -2.59. The van der Waals surface area contributed by atoms with E-state index < -0.39 is 0 Å². The molecule has 2 aromatic rings. The minimum atomic E-state index is -0.136. The van der Waals surface area contributed by atoms with Gasteiger partial charge in [-0.2, -0.15) is 5.26 Å². The van der Waals surface area contributed by atoms with Gasteiger partial charge in [-0.3, -0.25) is 5.32 Å². The lowest BCUT2D eigenvalue weighted by molar-refractivity contribution is 0.122. The zero-order valence-corrected chi connectivity index (χ0v) is 19.4. The van der Waals surface area contributed by atoms with E-state index in [1.165, 1.54) is 0 Å². The smallest absolute Gasteiger partial charge is 0.322 e. The maximum atomic E-state index is 13.0. The number of carbonyl (C=O) groups excluding carboxylic acids is 1. The molecule has 2 aromatic carbocycles. The molecule has 0 spiro atoms. The lowest BCUT2D eigenvalue weighted by Gasteiger charge is -2.42. The van der Waals surface area contributed by atoms with Crippen molar-refractivity contribution in [1.29, 1.82) is 5.26 Å². The molecule has 0 radical (unpaired) electrons. The Morgan fingerprint density at radius 3 is 2.59 bits per heavy atom. The molecule has 0 saturated carbocycles. The van der Waals surface area contributed by atoms with E-state index >= 15 is 0 Å². The molecule has 1 saturated heterocycles. The molecule has 0 aliphatic carbocycles. The van der Waals surface area contributed by atoms with Crippen LogP contribution in [0.3, 0.4) is 0 Å². The second-order valence-electron chi connectivity index (χ2n) is 8.32. The number of nitriles is 1. The summed E-state index contributed by atoms with van der Waals surface area (Å²) in [5, 5.41) is 15.6. The van der Waals surface area contributed by atoms with Crippen LogP contribution in [0.1, 0.15) is 25.8 Å². The van der Waals surface area contributed by atoms with E-state index in [9.17, 15) is 10.1 Å². The van der Waals surface area contributed by atoms with Crippen LogP contribution in [0.25, 0.3) is 0 Å². The fourth-order valence-corrected chi connectivity index (χ4v) is 3.95. The van der Waals surface area contributed by atoms with Crippen LogP contribution in [0.4, 0.5) is 16.2 Å². The number of nitrogens with zero attached hydrogens (tertiary/aromatic N) is 4. The van der Waals surface area contributed by atoms with Gasteiger partial charge >= 0.3 is 6.03 Å². The van der Waals surface area contributed by atoms with Gasteiger partial charge in [-0.05, 0) is 55.2 Å². The third kappa shape index (κ3) is 6.14. The predicted octanol–water partition coefficient (Wildman–Crippen LogP) is 4.97. The molecule has 168 valence electrons. The van der Waals surface area contributed by atoms with E-state index in [-0.39, 0.29) is 12.1 Å². The van der Waals surface area contributed by atoms with Crippen molar-refractivity contribution in [3.8, 4) is 6.19 Å². The normalized spacial score (nSPS) is 16.6. The van der Waals surface area contributed by atoms with Gasteiger partial charge in [-0.25, -0.2) is 9.79 Å². The Hall–Kier alpha value is -3.24. The summed E-state index contributed by atoms with van der Waals surface area (Å²) in [6.07, 6.45) is 2.85. The molecule has 1 unspecified atom stereocenters. The van der Waals surface area contributed by atoms with Crippen molar-refractivity contribution in [3.05, 3.63) is 59.1 Å². The average molecular weight is 453 g/mol. The molecule has 0 aromatic heterocycles.